The molecule has 0 aromatic heterocycles. The summed E-state index contributed by atoms with van der Waals surface area (Å²) in [5.74, 6) is 0. The van der Waals surface area contributed by atoms with Crippen LogP contribution < -0.4 is 0 Å². The molecule has 0 radical (unpaired) electrons. The van der Waals surface area contributed by atoms with Gasteiger partial charge in [0.15, 0.2) is 0 Å². The van der Waals surface area contributed by atoms with Crippen molar-refractivity contribution in [2.45, 2.75) is 13.8 Å². The van der Waals surface area contributed by atoms with Crippen LogP contribution in [0.5, 0.6) is 0 Å². The standard InChI is InChI=1S/C8H8N2/c1-5-6(2)10-7-3-4-9-8(5)7/h3-4H,1-2H3. The van der Waals surface area contributed by atoms with Crippen molar-refractivity contribution in [3.63, 3.8) is 0 Å². The van der Waals surface area contributed by atoms with Gasteiger partial charge in [-0.1, -0.05) is 0 Å². The van der Waals surface area contributed by atoms with Crippen molar-refractivity contribution in [3.8, 4) is 0 Å². The number of aliphatic imine (C=N–C) groups is 2. The molecule has 0 aromatic carbocycles. The molecule has 0 spiro atoms. The first-order chi connectivity index (χ1) is 4.79. The quantitative estimate of drug-likeness (QED) is 0.479. The summed E-state index contributed by atoms with van der Waals surface area (Å²) in [5.41, 5.74) is 4.38. The van der Waals surface area contributed by atoms with E-state index in [4.69, 9.17) is 0 Å². The molecule has 0 unspecified atom stereocenters. The molecule has 10 heavy (non-hydrogen) atoms. The summed E-state index contributed by atoms with van der Waals surface area (Å²) >= 11 is 0. The molecular weight excluding hydrogens is 124 g/mol. The number of hydrogen-bond donors (Lipinski definition) is 0. The van der Waals surface area contributed by atoms with E-state index in [1.807, 2.05) is 13.0 Å². The van der Waals surface area contributed by atoms with Gasteiger partial charge in [-0.3, -0.25) is 9.98 Å². The maximum Gasteiger partial charge on any atom is 0.0933 e. The fourth-order valence-electron chi connectivity index (χ4n) is 1.14. The summed E-state index contributed by atoms with van der Waals surface area (Å²) in [4.78, 5) is 8.49. The van der Waals surface area contributed by atoms with Gasteiger partial charge in [-0.15, -0.1) is 0 Å². The van der Waals surface area contributed by atoms with E-state index < -0.39 is 0 Å². The molecule has 0 amide bonds. The van der Waals surface area contributed by atoms with Crippen LogP contribution in [0.15, 0.2) is 33.5 Å². The molecular formula is C8H8N2. The first kappa shape index (κ1) is 5.59. The minimum atomic E-state index is 1.02. The second-order valence-electron chi connectivity index (χ2n) is 2.50. The largest absolute Gasteiger partial charge is 0.254 e. The molecule has 0 aliphatic carbocycles. The average molecular weight is 132 g/mol. The normalized spacial score (nSPS) is 21.4. The summed E-state index contributed by atoms with van der Waals surface area (Å²) in [6.07, 6.45) is 3.74. The fraction of sp³-hybridized carbons (Fsp3) is 0.250. The van der Waals surface area contributed by atoms with Crippen LogP contribution in [-0.4, -0.2) is 11.4 Å². The van der Waals surface area contributed by atoms with Crippen molar-refractivity contribution < 1.29 is 0 Å². The molecule has 2 aliphatic rings. The molecule has 2 nitrogen and oxygen atoms in total. The Hall–Kier alpha value is -1.18. The van der Waals surface area contributed by atoms with Crippen molar-refractivity contribution >= 4 is 11.4 Å². The zero-order chi connectivity index (χ0) is 7.14. The summed E-state index contributed by atoms with van der Waals surface area (Å²) in [6.45, 7) is 4.06. The highest BCUT2D eigenvalue weighted by atomic mass is 14.9. The third kappa shape index (κ3) is 0.533. The maximum absolute atomic E-state index is 4.31. The molecule has 50 valence electrons. The molecule has 0 fully saturated rings. The van der Waals surface area contributed by atoms with Crippen LogP contribution >= 0.6 is 0 Å². The van der Waals surface area contributed by atoms with Crippen LogP contribution in [-0.2, 0) is 0 Å². The van der Waals surface area contributed by atoms with E-state index in [1.165, 1.54) is 5.57 Å². The zero-order valence-electron chi connectivity index (χ0n) is 6.05. The van der Waals surface area contributed by atoms with Gasteiger partial charge in [0.25, 0.3) is 0 Å². The Morgan fingerprint density at radius 3 is 2.80 bits per heavy atom. The lowest BCUT2D eigenvalue weighted by Crippen LogP contribution is -2.03. The minimum absolute atomic E-state index is 1.02. The Balaban J connectivity index is 2.56. The van der Waals surface area contributed by atoms with Gasteiger partial charge >= 0.3 is 0 Å². The van der Waals surface area contributed by atoms with Gasteiger partial charge in [0, 0.05) is 11.9 Å². The van der Waals surface area contributed by atoms with Crippen LogP contribution in [0.2, 0.25) is 0 Å². The Morgan fingerprint density at radius 1 is 1.30 bits per heavy atom. The Labute approximate surface area is 59.7 Å². The lowest BCUT2D eigenvalue weighted by atomic mass is 10.1. The van der Waals surface area contributed by atoms with Crippen LogP contribution in [0.1, 0.15) is 13.8 Å². The molecule has 0 saturated heterocycles. The second-order valence-corrected chi connectivity index (χ2v) is 2.50. The lowest BCUT2D eigenvalue weighted by Gasteiger charge is -1.91. The first-order valence-electron chi connectivity index (χ1n) is 3.30. The van der Waals surface area contributed by atoms with Crippen LogP contribution in [0.25, 0.3) is 0 Å². The average Bonchev–Trinajstić information content (AvgIpc) is 2.41. The molecule has 0 atom stereocenters. The van der Waals surface area contributed by atoms with E-state index >= 15 is 0 Å². The molecule has 0 N–H and O–H groups in total. The predicted octanol–water partition coefficient (Wildman–Crippen LogP) is 1.70. The van der Waals surface area contributed by atoms with Crippen molar-refractivity contribution in [2.75, 3.05) is 0 Å². The van der Waals surface area contributed by atoms with Gasteiger partial charge in [-0.05, 0) is 25.5 Å². The van der Waals surface area contributed by atoms with Gasteiger partial charge in [0.1, 0.15) is 0 Å². The SMILES string of the molecule is CC1=C(C)C2=NC=CC2=N1. The fourth-order valence-corrected chi connectivity index (χ4v) is 1.14. The van der Waals surface area contributed by atoms with Gasteiger partial charge in [0.2, 0.25) is 0 Å². The van der Waals surface area contributed by atoms with E-state index in [2.05, 4.69) is 16.9 Å². The third-order valence-electron chi connectivity index (χ3n) is 1.86. The number of rotatable bonds is 0. The highest BCUT2D eigenvalue weighted by Gasteiger charge is 2.19. The number of hydrogen-bond acceptors (Lipinski definition) is 2. The van der Waals surface area contributed by atoms with Gasteiger partial charge in [0.05, 0.1) is 11.4 Å². The molecule has 0 aromatic rings. The van der Waals surface area contributed by atoms with Crippen molar-refractivity contribution in [1.82, 2.24) is 0 Å². The van der Waals surface area contributed by atoms with Crippen molar-refractivity contribution in [2.24, 2.45) is 9.98 Å². The van der Waals surface area contributed by atoms with E-state index in [0.29, 0.717) is 0 Å². The predicted molar refractivity (Wildman–Crippen MR) is 42.4 cm³/mol. The van der Waals surface area contributed by atoms with Crippen molar-refractivity contribution in [3.05, 3.63) is 23.5 Å². The highest BCUT2D eigenvalue weighted by molar-refractivity contribution is 6.55. The van der Waals surface area contributed by atoms with Gasteiger partial charge in [-0.25, -0.2) is 0 Å². The van der Waals surface area contributed by atoms with E-state index in [0.717, 1.165) is 17.1 Å². The van der Waals surface area contributed by atoms with E-state index in [9.17, 15) is 0 Å². The van der Waals surface area contributed by atoms with Crippen molar-refractivity contribution in [1.29, 1.82) is 0 Å². The Morgan fingerprint density at radius 2 is 2.10 bits per heavy atom. The highest BCUT2D eigenvalue weighted by Crippen LogP contribution is 2.20. The second kappa shape index (κ2) is 1.66. The molecule has 2 aliphatic heterocycles. The number of nitrogens with zero attached hydrogens (tertiary/aromatic N) is 2. The topological polar surface area (TPSA) is 24.7 Å². The van der Waals surface area contributed by atoms with Crippen LogP contribution in [0.3, 0.4) is 0 Å². The summed E-state index contributed by atoms with van der Waals surface area (Å²) < 4.78 is 0. The van der Waals surface area contributed by atoms with Crippen LogP contribution in [0, 0.1) is 0 Å². The smallest absolute Gasteiger partial charge is 0.0933 e. The Kier molecular flexibility index (Phi) is 0.926. The number of allylic oxidation sites excluding steroid dienone is 3. The molecule has 0 bridgehead atoms. The minimum Gasteiger partial charge on any atom is -0.254 e. The molecule has 2 rings (SSSR count). The Bertz CT molecular complexity index is 295. The molecule has 2 heterocycles. The maximum atomic E-state index is 4.31. The summed E-state index contributed by atoms with van der Waals surface area (Å²) in [6, 6.07) is 0. The van der Waals surface area contributed by atoms with Gasteiger partial charge < -0.3 is 0 Å². The summed E-state index contributed by atoms with van der Waals surface area (Å²) in [7, 11) is 0. The molecule has 0 saturated carbocycles. The molecule has 2 heteroatoms. The first-order valence-corrected chi connectivity index (χ1v) is 3.30. The zero-order valence-corrected chi connectivity index (χ0v) is 6.05. The van der Waals surface area contributed by atoms with E-state index in [-0.39, 0.29) is 0 Å². The van der Waals surface area contributed by atoms with Gasteiger partial charge in [-0.2, -0.15) is 0 Å². The van der Waals surface area contributed by atoms with Crippen LogP contribution in [0.4, 0.5) is 0 Å². The lowest BCUT2D eigenvalue weighted by molar-refractivity contribution is 1.28. The van der Waals surface area contributed by atoms with E-state index in [1.54, 1.807) is 6.20 Å². The summed E-state index contributed by atoms with van der Waals surface area (Å²) in [5, 5.41) is 0. The monoisotopic (exact) mass is 132 g/mol. The number of fused-ring (bicyclic) bond motifs is 1. The third-order valence-corrected chi connectivity index (χ3v) is 1.86.